The van der Waals surface area contributed by atoms with Crippen molar-refractivity contribution in [3.05, 3.63) is 0 Å². The van der Waals surface area contributed by atoms with E-state index < -0.39 is 0 Å². The van der Waals surface area contributed by atoms with Crippen LogP contribution < -0.4 is 5.32 Å². The molecule has 1 aliphatic heterocycles. The molecule has 0 amide bonds. The van der Waals surface area contributed by atoms with Crippen LogP contribution in [0.3, 0.4) is 0 Å². The summed E-state index contributed by atoms with van der Waals surface area (Å²) in [4.78, 5) is 14.4. The molecule has 112 valence electrons. The fraction of sp³-hybridized carbons (Fsp3) is 0.938. The summed E-state index contributed by atoms with van der Waals surface area (Å²) in [5, 5.41) is 3.64. The Bertz CT molecular complexity index is 286. The molecule has 0 radical (unpaired) electrons. The zero-order valence-electron chi connectivity index (χ0n) is 13.6. The zero-order valence-corrected chi connectivity index (χ0v) is 13.6. The number of carbonyl (C=O) groups excluding carboxylic acids is 1. The highest BCUT2D eigenvalue weighted by Crippen LogP contribution is 2.25. The quantitative estimate of drug-likeness (QED) is 0.770. The van der Waals surface area contributed by atoms with Crippen LogP contribution >= 0.6 is 0 Å². The van der Waals surface area contributed by atoms with E-state index in [2.05, 4.69) is 37.9 Å². The lowest BCUT2D eigenvalue weighted by Crippen LogP contribution is -2.39. The predicted molar refractivity (Wildman–Crippen MR) is 81.4 cm³/mol. The van der Waals surface area contributed by atoms with Crippen molar-refractivity contribution in [1.29, 1.82) is 0 Å². The lowest BCUT2D eigenvalue weighted by atomic mass is 9.99. The molecule has 0 spiro atoms. The van der Waals surface area contributed by atoms with E-state index in [9.17, 15) is 4.79 Å². The number of rotatable bonds is 7. The zero-order chi connectivity index (χ0) is 14.6. The van der Waals surface area contributed by atoms with Gasteiger partial charge >= 0.3 is 0 Å². The first-order valence-electron chi connectivity index (χ1n) is 7.85. The number of hydrogen-bond acceptors (Lipinski definition) is 3. The highest BCUT2D eigenvalue weighted by atomic mass is 16.1. The van der Waals surface area contributed by atoms with Gasteiger partial charge in [-0.25, -0.2) is 0 Å². The molecule has 0 aromatic heterocycles. The van der Waals surface area contributed by atoms with Gasteiger partial charge in [-0.2, -0.15) is 0 Å². The average Bonchev–Trinajstić information content (AvgIpc) is 2.67. The molecule has 1 heterocycles. The molecule has 1 N–H and O–H groups in total. The summed E-state index contributed by atoms with van der Waals surface area (Å²) in [5.41, 5.74) is 0. The third-order valence-corrected chi connectivity index (χ3v) is 4.06. The minimum atomic E-state index is 0.179. The molecule has 0 aromatic carbocycles. The summed E-state index contributed by atoms with van der Waals surface area (Å²) < 4.78 is 0. The molecule has 0 saturated carbocycles. The monoisotopic (exact) mass is 268 g/mol. The van der Waals surface area contributed by atoms with Crippen LogP contribution in [0.25, 0.3) is 0 Å². The molecule has 0 bridgehead atoms. The second kappa shape index (κ2) is 7.39. The summed E-state index contributed by atoms with van der Waals surface area (Å²) in [6.45, 7) is 14.0. The predicted octanol–water partition coefficient (Wildman–Crippen LogP) is 2.84. The van der Waals surface area contributed by atoms with Crippen molar-refractivity contribution in [1.82, 2.24) is 10.2 Å². The van der Waals surface area contributed by atoms with E-state index in [-0.39, 0.29) is 5.92 Å². The number of nitrogens with one attached hydrogen (secondary N) is 1. The number of nitrogens with zero attached hydrogens (tertiary/aromatic N) is 1. The summed E-state index contributed by atoms with van der Waals surface area (Å²) in [6.07, 6.45) is 2.94. The van der Waals surface area contributed by atoms with Gasteiger partial charge in [0.15, 0.2) is 0 Å². The van der Waals surface area contributed by atoms with Crippen molar-refractivity contribution < 1.29 is 4.79 Å². The fourth-order valence-corrected chi connectivity index (χ4v) is 3.05. The van der Waals surface area contributed by atoms with Crippen LogP contribution in [0.1, 0.15) is 60.8 Å². The van der Waals surface area contributed by atoms with Crippen LogP contribution in [-0.2, 0) is 4.79 Å². The normalized spacial score (nSPS) is 24.9. The van der Waals surface area contributed by atoms with Gasteiger partial charge in [-0.1, -0.05) is 27.7 Å². The Balaban J connectivity index is 2.51. The van der Waals surface area contributed by atoms with Gasteiger partial charge in [0.25, 0.3) is 0 Å². The Morgan fingerprint density at radius 3 is 2.32 bits per heavy atom. The Labute approximate surface area is 119 Å². The summed E-state index contributed by atoms with van der Waals surface area (Å²) in [7, 11) is 0. The molecule has 1 aliphatic rings. The molecule has 2 atom stereocenters. The maximum atomic E-state index is 11.8. The van der Waals surface area contributed by atoms with Crippen molar-refractivity contribution in [2.45, 2.75) is 85.0 Å². The standard InChI is InChI=1S/C16H32N2O/c1-11(2)16(19)8-7-15-9-14(17-12(3)4)10-18(15)13(5)6/h11-15,17H,7-10H2,1-6H3/t14-,15-/m1/s1. The van der Waals surface area contributed by atoms with Gasteiger partial charge in [0.1, 0.15) is 5.78 Å². The smallest absolute Gasteiger partial charge is 0.135 e. The maximum absolute atomic E-state index is 11.8. The minimum absolute atomic E-state index is 0.179. The van der Waals surface area contributed by atoms with Crippen molar-refractivity contribution in [2.75, 3.05) is 6.54 Å². The molecule has 0 aromatic rings. The average molecular weight is 268 g/mol. The summed E-state index contributed by atoms with van der Waals surface area (Å²) in [6, 6.07) is 2.26. The van der Waals surface area contributed by atoms with Crippen molar-refractivity contribution in [3.8, 4) is 0 Å². The lowest BCUT2D eigenvalue weighted by Gasteiger charge is -2.28. The highest BCUT2D eigenvalue weighted by molar-refractivity contribution is 5.80. The lowest BCUT2D eigenvalue weighted by molar-refractivity contribution is -0.122. The number of carbonyl (C=O) groups is 1. The molecule has 1 rings (SSSR count). The molecular weight excluding hydrogens is 236 g/mol. The Morgan fingerprint density at radius 1 is 1.21 bits per heavy atom. The Hall–Kier alpha value is -0.410. The van der Waals surface area contributed by atoms with Crippen LogP contribution in [-0.4, -0.2) is 41.4 Å². The van der Waals surface area contributed by atoms with Gasteiger partial charge in [-0.05, 0) is 26.7 Å². The molecule has 3 nitrogen and oxygen atoms in total. The first kappa shape index (κ1) is 16.6. The van der Waals surface area contributed by atoms with E-state index in [4.69, 9.17) is 0 Å². The second-order valence-corrected chi connectivity index (χ2v) is 6.86. The fourth-order valence-electron chi connectivity index (χ4n) is 3.05. The minimum Gasteiger partial charge on any atom is -0.310 e. The number of ketones is 1. The molecule has 3 heteroatoms. The molecule has 0 aliphatic carbocycles. The van der Waals surface area contributed by atoms with E-state index in [1.165, 1.54) is 6.42 Å². The van der Waals surface area contributed by atoms with E-state index in [0.29, 0.717) is 30.0 Å². The van der Waals surface area contributed by atoms with E-state index in [1.807, 2.05) is 13.8 Å². The van der Waals surface area contributed by atoms with Crippen LogP contribution in [0.15, 0.2) is 0 Å². The van der Waals surface area contributed by atoms with Crippen molar-refractivity contribution in [2.24, 2.45) is 5.92 Å². The van der Waals surface area contributed by atoms with Gasteiger partial charge in [-0.3, -0.25) is 9.69 Å². The molecule has 0 unspecified atom stereocenters. The van der Waals surface area contributed by atoms with E-state index in [1.54, 1.807) is 0 Å². The maximum Gasteiger partial charge on any atom is 0.135 e. The Kier molecular flexibility index (Phi) is 6.48. The summed E-state index contributed by atoms with van der Waals surface area (Å²) >= 11 is 0. The Morgan fingerprint density at radius 2 is 1.84 bits per heavy atom. The van der Waals surface area contributed by atoms with Crippen LogP contribution in [0.5, 0.6) is 0 Å². The van der Waals surface area contributed by atoms with E-state index in [0.717, 1.165) is 19.4 Å². The molecular formula is C16H32N2O. The number of hydrogen-bond donors (Lipinski definition) is 1. The molecule has 19 heavy (non-hydrogen) atoms. The number of Topliss-reactive ketones (excluding diaryl/α,β-unsaturated/α-hetero) is 1. The number of likely N-dealkylation sites (tertiary alicyclic amines) is 1. The van der Waals surface area contributed by atoms with Gasteiger partial charge < -0.3 is 5.32 Å². The topological polar surface area (TPSA) is 32.3 Å². The third kappa shape index (κ3) is 5.23. The summed E-state index contributed by atoms with van der Waals surface area (Å²) in [5.74, 6) is 0.586. The highest BCUT2D eigenvalue weighted by Gasteiger charge is 2.33. The van der Waals surface area contributed by atoms with E-state index >= 15 is 0 Å². The van der Waals surface area contributed by atoms with Gasteiger partial charge in [0.2, 0.25) is 0 Å². The van der Waals surface area contributed by atoms with Crippen LogP contribution in [0.4, 0.5) is 0 Å². The van der Waals surface area contributed by atoms with Crippen LogP contribution in [0.2, 0.25) is 0 Å². The first-order chi connectivity index (χ1) is 8.81. The van der Waals surface area contributed by atoms with Gasteiger partial charge in [-0.15, -0.1) is 0 Å². The van der Waals surface area contributed by atoms with Gasteiger partial charge in [0, 0.05) is 43.1 Å². The van der Waals surface area contributed by atoms with Gasteiger partial charge in [0.05, 0.1) is 0 Å². The second-order valence-electron chi connectivity index (χ2n) is 6.86. The SMILES string of the molecule is CC(C)N[C@@H]1C[C@@H](CCC(=O)C(C)C)N(C(C)C)C1. The van der Waals surface area contributed by atoms with Crippen molar-refractivity contribution >= 4 is 5.78 Å². The largest absolute Gasteiger partial charge is 0.310 e. The third-order valence-electron chi connectivity index (χ3n) is 4.06. The molecule has 1 saturated heterocycles. The van der Waals surface area contributed by atoms with Crippen molar-refractivity contribution in [3.63, 3.8) is 0 Å². The molecule has 1 fully saturated rings. The first-order valence-corrected chi connectivity index (χ1v) is 7.85. The van der Waals surface area contributed by atoms with Crippen LogP contribution in [0, 0.1) is 5.92 Å².